The molecule has 0 aliphatic carbocycles. The Balaban J connectivity index is 2.49. The molecule has 2 atom stereocenters. The van der Waals surface area contributed by atoms with E-state index >= 15 is 0 Å². The number of morpholine rings is 1. The number of ether oxygens (including phenoxy) is 1. The minimum absolute atomic E-state index is 0.00331. The highest BCUT2D eigenvalue weighted by Gasteiger charge is 2.27. The first-order valence-corrected chi connectivity index (χ1v) is 5.66. The van der Waals surface area contributed by atoms with Crippen molar-refractivity contribution in [3.8, 4) is 0 Å². The number of nitrogens with zero attached hydrogens (tertiary/aromatic N) is 1. The van der Waals surface area contributed by atoms with E-state index in [4.69, 9.17) is 9.84 Å². The van der Waals surface area contributed by atoms with Crippen LogP contribution in [0.5, 0.6) is 0 Å². The molecule has 1 aliphatic heterocycles. The Morgan fingerprint density at radius 3 is 2.81 bits per heavy atom. The summed E-state index contributed by atoms with van der Waals surface area (Å²) in [6, 6.07) is 0. The van der Waals surface area contributed by atoms with Crippen LogP contribution in [0.2, 0.25) is 0 Å². The summed E-state index contributed by atoms with van der Waals surface area (Å²) in [5, 5.41) is 8.66. The van der Waals surface area contributed by atoms with Crippen LogP contribution in [0.25, 0.3) is 0 Å². The first-order chi connectivity index (χ1) is 7.54. The van der Waals surface area contributed by atoms with Crippen molar-refractivity contribution >= 4 is 11.9 Å². The zero-order chi connectivity index (χ0) is 12.1. The van der Waals surface area contributed by atoms with Gasteiger partial charge in [-0.1, -0.05) is 13.8 Å². The van der Waals surface area contributed by atoms with Gasteiger partial charge in [-0.25, -0.2) is 0 Å². The summed E-state index contributed by atoms with van der Waals surface area (Å²) in [5.41, 5.74) is 0. The number of carbonyl (C=O) groups is 2. The molecule has 92 valence electrons. The van der Waals surface area contributed by atoms with Crippen molar-refractivity contribution in [3.05, 3.63) is 0 Å². The molecule has 0 bridgehead atoms. The van der Waals surface area contributed by atoms with Gasteiger partial charge < -0.3 is 14.7 Å². The molecule has 1 fully saturated rings. The van der Waals surface area contributed by atoms with Crippen LogP contribution in [0.3, 0.4) is 0 Å². The molecule has 0 aromatic heterocycles. The van der Waals surface area contributed by atoms with Gasteiger partial charge in [0.2, 0.25) is 5.91 Å². The summed E-state index contributed by atoms with van der Waals surface area (Å²) in [5.74, 6) is -0.785. The number of hydrogen-bond donors (Lipinski definition) is 1. The second-order valence-electron chi connectivity index (χ2n) is 4.18. The van der Waals surface area contributed by atoms with Crippen LogP contribution in [0.1, 0.15) is 26.7 Å². The van der Waals surface area contributed by atoms with Crippen molar-refractivity contribution in [1.29, 1.82) is 0 Å². The monoisotopic (exact) mass is 229 g/mol. The highest BCUT2D eigenvalue weighted by Crippen LogP contribution is 2.13. The van der Waals surface area contributed by atoms with Crippen LogP contribution in [-0.4, -0.2) is 47.7 Å². The number of carboxylic acids is 1. The van der Waals surface area contributed by atoms with Crippen LogP contribution >= 0.6 is 0 Å². The molecular formula is C11H19NO4. The van der Waals surface area contributed by atoms with Gasteiger partial charge in [-0.3, -0.25) is 9.59 Å². The lowest BCUT2D eigenvalue weighted by molar-refractivity contribution is -0.149. The van der Waals surface area contributed by atoms with E-state index in [1.165, 1.54) is 0 Å². The lowest BCUT2D eigenvalue weighted by atomic mass is 10.1. The van der Waals surface area contributed by atoms with E-state index in [0.717, 1.165) is 6.42 Å². The Kier molecular flexibility index (Phi) is 4.73. The summed E-state index contributed by atoms with van der Waals surface area (Å²) in [7, 11) is 0. The fourth-order valence-electron chi connectivity index (χ4n) is 1.72. The molecule has 2 unspecified atom stereocenters. The van der Waals surface area contributed by atoms with Gasteiger partial charge >= 0.3 is 5.97 Å². The Morgan fingerprint density at radius 1 is 1.56 bits per heavy atom. The number of hydrogen-bond acceptors (Lipinski definition) is 3. The van der Waals surface area contributed by atoms with Crippen molar-refractivity contribution in [1.82, 2.24) is 4.90 Å². The average molecular weight is 229 g/mol. The SMILES string of the molecule is CCC(C)C(=O)N1CCOC(CC(=O)O)C1. The van der Waals surface area contributed by atoms with Gasteiger partial charge in [-0.15, -0.1) is 0 Å². The molecule has 0 spiro atoms. The largest absolute Gasteiger partial charge is 0.481 e. The van der Waals surface area contributed by atoms with Crippen LogP contribution in [0, 0.1) is 5.92 Å². The van der Waals surface area contributed by atoms with Crippen molar-refractivity contribution in [2.24, 2.45) is 5.92 Å². The molecule has 0 radical (unpaired) electrons. The fraction of sp³-hybridized carbons (Fsp3) is 0.818. The smallest absolute Gasteiger partial charge is 0.306 e. The van der Waals surface area contributed by atoms with Crippen molar-refractivity contribution in [2.45, 2.75) is 32.8 Å². The van der Waals surface area contributed by atoms with Crippen LogP contribution in [0.4, 0.5) is 0 Å². The van der Waals surface area contributed by atoms with E-state index in [1.54, 1.807) is 4.90 Å². The number of carbonyl (C=O) groups excluding carboxylic acids is 1. The zero-order valence-electron chi connectivity index (χ0n) is 9.81. The van der Waals surface area contributed by atoms with Crippen molar-refractivity contribution < 1.29 is 19.4 Å². The second kappa shape index (κ2) is 5.84. The molecule has 0 aromatic rings. The first-order valence-electron chi connectivity index (χ1n) is 5.66. The molecule has 0 aromatic carbocycles. The normalized spacial score (nSPS) is 22.9. The van der Waals surface area contributed by atoms with E-state index in [2.05, 4.69) is 0 Å². The molecule has 1 amide bonds. The maximum atomic E-state index is 11.9. The van der Waals surface area contributed by atoms with Crippen molar-refractivity contribution in [2.75, 3.05) is 19.7 Å². The van der Waals surface area contributed by atoms with Gasteiger partial charge in [0.1, 0.15) is 0 Å². The zero-order valence-corrected chi connectivity index (χ0v) is 9.81. The highest BCUT2D eigenvalue weighted by molar-refractivity contribution is 5.78. The topological polar surface area (TPSA) is 66.8 Å². The number of rotatable bonds is 4. The number of carboxylic acid groups (broad SMARTS) is 1. The second-order valence-corrected chi connectivity index (χ2v) is 4.18. The molecule has 1 heterocycles. The van der Waals surface area contributed by atoms with Crippen molar-refractivity contribution in [3.63, 3.8) is 0 Å². The van der Waals surface area contributed by atoms with Gasteiger partial charge in [-0.2, -0.15) is 0 Å². The minimum Gasteiger partial charge on any atom is -0.481 e. The van der Waals surface area contributed by atoms with Gasteiger partial charge in [0, 0.05) is 19.0 Å². The van der Waals surface area contributed by atoms with Gasteiger partial charge in [-0.05, 0) is 6.42 Å². The molecule has 1 rings (SSSR count). The van der Waals surface area contributed by atoms with Crippen LogP contribution in [-0.2, 0) is 14.3 Å². The summed E-state index contributed by atoms with van der Waals surface area (Å²) in [6.07, 6.45) is 0.406. The molecule has 1 saturated heterocycles. The van der Waals surface area contributed by atoms with E-state index in [9.17, 15) is 9.59 Å². The van der Waals surface area contributed by atoms with Crippen LogP contribution < -0.4 is 0 Å². The third-order valence-corrected chi connectivity index (χ3v) is 2.89. The maximum absolute atomic E-state index is 11.9. The predicted octanol–water partition coefficient (Wildman–Crippen LogP) is 0.735. The van der Waals surface area contributed by atoms with Gasteiger partial charge in [0.05, 0.1) is 19.1 Å². The van der Waals surface area contributed by atoms with Crippen LogP contribution in [0.15, 0.2) is 0 Å². The summed E-state index contributed by atoms with van der Waals surface area (Å²) < 4.78 is 5.31. The summed E-state index contributed by atoms with van der Waals surface area (Å²) in [6.45, 7) is 5.26. The molecule has 1 N–H and O–H groups in total. The van der Waals surface area contributed by atoms with E-state index in [-0.39, 0.29) is 24.3 Å². The predicted molar refractivity (Wildman–Crippen MR) is 58.0 cm³/mol. The van der Waals surface area contributed by atoms with E-state index in [1.807, 2.05) is 13.8 Å². The first kappa shape index (κ1) is 13.0. The Hall–Kier alpha value is -1.10. The molecular weight excluding hydrogens is 210 g/mol. The molecule has 5 nitrogen and oxygen atoms in total. The summed E-state index contributed by atoms with van der Waals surface area (Å²) in [4.78, 5) is 24.1. The summed E-state index contributed by atoms with van der Waals surface area (Å²) >= 11 is 0. The van der Waals surface area contributed by atoms with E-state index < -0.39 is 5.97 Å². The number of aliphatic carboxylic acids is 1. The Labute approximate surface area is 95.4 Å². The lowest BCUT2D eigenvalue weighted by Crippen LogP contribution is -2.47. The Morgan fingerprint density at radius 2 is 2.25 bits per heavy atom. The standard InChI is InChI=1S/C11H19NO4/c1-3-8(2)11(15)12-4-5-16-9(7-12)6-10(13)14/h8-9H,3-7H2,1-2H3,(H,13,14). The molecule has 1 aliphatic rings. The highest BCUT2D eigenvalue weighted by atomic mass is 16.5. The lowest BCUT2D eigenvalue weighted by Gasteiger charge is -2.33. The van der Waals surface area contributed by atoms with E-state index in [0.29, 0.717) is 19.7 Å². The Bertz CT molecular complexity index is 267. The molecule has 0 saturated carbocycles. The van der Waals surface area contributed by atoms with Gasteiger partial charge in [0.15, 0.2) is 0 Å². The van der Waals surface area contributed by atoms with Gasteiger partial charge in [0.25, 0.3) is 0 Å². The minimum atomic E-state index is -0.886. The third-order valence-electron chi connectivity index (χ3n) is 2.89. The third kappa shape index (κ3) is 3.48. The quantitative estimate of drug-likeness (QED) is 0.772. The fourth-order valence-corrected chi connectivity index (χ4v) is 1.72. The average Bonchev–Trinajstić information content (AvgIpc) is 2.26. The number of amides is 1. The molecule has 5 heteroatoms. The maximum Gasteiger partial charge on any atom is 0.306 e. The molecule has 16 heavy (non-hydrogen) atoms.